The first-order valence-corrected chi connectivity index (χ1v) is 5.79. The van der Waals surface area contributed by atoms with E-state index in [0.717, 1.165) is 5.56 Å². The highest BCUT2D eigenvalue weighted by molar-refractivity contribution is 5.89. The number of carbonyl (C=O) groups excluding carboxylic acids is 1. The first-order valence-electron chi connectivity index (χ1n) is 5.79. The molecule has 19 heavy (non-hydrogen) atoms. The van der Waals surface area contributed by atoms with E-state index in [-0.39, 0.29) is 5.69 Å². The molecule has 0 bridgehead atoms. The summed E-state index contributed by atoms with van der Waals surface area (Å²) in [4.78, 5) is 11.6. The summed E-state index contributed by atoms with van der Waals surface area (Å²) in [5.41, 5.74) is 7.29. The van der Waals surface area contributed by atoms with Crippen LogP contribution in [0.3, 0.4) is 0 Å². The number of anilines is 2. The fraction of sp³-hybridized carbons (Fsp3) is 0.0714. The van der Waals surface area contributed by atoms with Gasteiger partial charge in [0.05, 0.1) is 5.69 Å². The van der Waals surface area contributed by atoms with Crippen LogP contribution in [0.1, 0.15) is 5.56 Å². The number of rotatable bonds is 3. The normalized spacial score (nSPS) is 9.95. The van der Waals surface area contributed by atoms with Crippen molar-refractivity contribution in [2.24, 2.45) is 0 Å². The third-order valence-corrected chi connectivity index (χ3v) is 2.53. The zero-order chi connectivity index (χ0) is 13.7. The molecule has 0 atom stereocenters. The van der Waals surface area contributed by atoms with Crippen LogP contribution in [0.2, 0.25) is 0 Å². The van der Waals surface area contributed by atoms with Crippen molar-refractivity contribution in [3.8, 4) is 0 Å². The molecule has 2 rings (SSSR count). The van der Waals surface area contributed by atoms with Crippen molar-refractivity contribution in [3.63, 3.8) is 0 Å². The van der Waals surface area contributed by atoms with Gasteiger partial charge in [-0.3, -0.25) is 0 Å². The zero-order valence-corrected chi connectivity index (χ0v) is 10.2. The predicted octanol–water partition coefficient (Wildman–Crippen LogP) is 2.73. The lowest BCUT2D eigenvalue weighted by molar-refractivity contribution is 0.251. The summed E-state index contributed by atoms with van der Waals surface area (Å²) in [5, 5.41) is 5.07. The van der Waals surface area contributed by atoms with Gasteiger partial charge in [-0.15, -0.1) is 0 Å². The van der Waals surface area contributed by atoms with Gasteiger partial charge in [-0.05, 0) is 29.8 Å². The summed E-state index contributed by atoms with van der Waals surface area (Å²) in [6.07, 6.45) is 0. The molecule has 2 aromatic carbocycles. The molecule has 98 valence electrons. The Balaban J connectivity index is 1.90. The SMILES string of the molecule is Nc1cccc(CNC(=O)Nc2ccccc2F)c1. The second-order valence-electron chi connectivity index (χ2n) is 4.03. The van der Waals surface area contributed by atoms with E-state index in [2.05, 4.69) is 10.6 Å². The number of para-hydroxylation sites is 1. The van der Waals surface area contributed by atoms with Crippen molar-refractivity contribution in [2.75, 3.05) is 11.1 Å². The fourth-order valence-electron chi connectivity index (χ4n) is 1.61. The van der Waals surface area contributed by atoms with Crippen LogP contribution in [0.5, 0.6) is 0 Å². The molecule has 0 unspecified atom stereocenters. The Labute approximate surface area is 110 Å². The summed E-state index contributed by atoms with van der Waals surface area (Å²) in [6, 6.07) is 12.7. The van der Waals surface area contributed by atoms with Gasteiger partial charge in [0.1, 0.15) is 5.82 Å². The monoisotopic (exact) mass is 259 g/mol. The zero-order valence-electron chi connectivity index (χ0n) is 10.2. The molecule has 0 aromatic heterocycles. The number of nitrogens with one attached hydrogen (secondary N) is 2. The van der Waals surface area contributed by atoms with Crippen molar-refractivity contribution in [1.82, 2.24) is 5.32 Å². The quantitative estimate of drug-likeness (QED) is 0.742. The van der Waals surface area contributed by atoms with Crippen LogP contribution >= 0.6 is 0 Å². The Morgan fingerprint density at radius 2 is 1.95 bits per heavy atom. The summed E-state index contributed by atoms with van der Waals surface area (Å²) in [6.45, 7) is 0.325. The number of halogens is 1. The topological polar surface area (TPSA) is 67.1 Å². The lowest BCUT2D eigenvalue weighted by Crippen LogP contribution is -2.28. The van der Waals surface area contributed by atoms with Crippen molar-refractivity contribution in [3.05, 3.63) is 59.9 Å². The van der Waals surface area contributed by atoms with E-state index < -0.39 is 11.8 Å². The van der Waals surface area contributed by atoms with E-state index in [1.54, 1.807) is 30.3 Å². The Bertz CT molecular complexity index is 586. The highest BCUT2D eigenvalue weighted by Gasteiger charge is 2.05. The molecule has 0 heterocycles. The van der Waals surface area contributed by atoms with Gasteiger partial charge >= 0.3 is 6.03 Å². The lowest BCUT2D eigenvalue weighted by Gasteiger charge is -2.08. The number of hydrogen-bond acceptors (Lipinski definition) is 2. The minimum absolute atomic E-state index is 0.146. The number of hydrogen-bond donors (Lipinski definition) is 3. The predicted molar refractivity (Wildman–Crippen MR) is 73.1 cm³/mol. The summed E-state index contributed by atoms with van der Waals surface area (Å²) < 4.78 is 13.3. The van der Waals surface area contributed by atoms with Crippen LogP contribution in [0, 0.1) is 5.82 Å². The van der Waals surface area contributed by atoms with Gasteiger partial charge in [0.15, 0.2) is 0 Å². The maximum Gasteiger partial charge on any atom is 0.319 e. The molecule has 0 saturated carbocycles. The molecule has 4 N–H and O–H groups in total. The van der Waals surface area contributed by atoms with Crippen LogP contribution < -0.4 is 16.4 Å². The highest BCUT2D eigenvalue weighted by atomic mass is 19.1. The van der Waals surface area contributed by atoms with E-state index in [4.69, 9.17) is 5.73 Å². The Morgan fingerprint density at radius 3 is 2.68 bits per heavy atom. The van der Waals surface area contributed by atoms with Crippen LogP contribution in [0.4, 0.5) is 20.6 Å². The number of carbonyl (C=O) groups is 1. The van der Waals surface area contributed by atoms with Crippen molar-refractivity contribution < 1.29 is 9.18 Å². The maximum atomic E-state index is 13.3. The van der Waals surface area contributed by atoms with Crippen LogP contribution in [0.25, 0.3) is 0 Å². The Morgan fingerprint density at radius 1 is 1.16 bits per heavy atom. The molecule has 0 aliphatic carbocycles. The maximum absolute atomic E-state index is 13.3. The Kier molecular flexibility index (Phi) is 3.97. The lowest BCUT2D eigenvalue weighted by atomic mass is 10.2. The van der Waals surface area contributed by atoms with Gasteiger partial charge in [-0.25, -0.2) is 9.18 Å². The number of nitrogens with two attached hydrogens (primary N) is 1. The molecular formula is C14H14FN3O. The van der Waals surface area contributed by atoms with Crippen LogP contribution in [-0.4, -0.2) is 6.03 Å². The van der Waals surface area contributed by atoms with Crippen LogP contribution in [0.15, 0.2) is 48.5 Å². The molecular weight excluding hydrogens is 245 g/mol. The number of nitrogen functional groups attached to an aromatic ring is 1. The molecule has 0 aliphatic heterocycles. The molecule has 5 heteroatoms. The van der Waals surface area contributed by atoms with E-state index in [9.17, 15) is 9.18 Å². The molecule has 4 nitrogen and oxygen atoms in total. The molecule has 0 aliphatic rings. The molecule has 0 saturated heterocycles. The van der Waals surface area contributed by atoms with Gasteiger partial charge in [-0.2, -0.15) is 0 Å². The van der Waals surface area contributed by atoms with Crippen molar-refractivity contribution in [2.45, 2.75) is 6.54 Å². The highest BCUT2D eigenvalue weighted by Crippen LogP contribution is 2.12. The number of urea groups is 1. The van der Waals surface area contributed by atoms with E-state index >= 15 is 0 Å². The third-order valence-electron chi connectivity index (χ3n) is 2.53. The van der Waals surface area contributed by atoms with Gasteiger partial charge in [-0.1, -0.05) is 24.3 Å². The first kappa shape index (κ1) is 12.9. The van der Waals surface area contributed by atoms with Gasteiger partial charge in [0, 0.05) is 12.2 Å². The van der Waals surface area contributed by atoms with Crippen molar-refractivity contribution >= 4 is 17.4 Å². The van der Waals surface area contributed by atoms with Crippen LogP contribution in [-0.2, 0) is 6.54 Å². The molecule has 2 aromatic rings. The summed E-state index contributed by atoms with van der Waals surface area (Å²) in [5.74, 6) is -0.471. The molecule has 0 radical (unpaired) electrons. The smallest absolute Gasteiger partial charge is 0.319 e. The molecule has 2 amide bonds. The molecule has 0 fully saturated rings. The second-order valence-corrected chi connectivity index (χ2v) is 4.03. The Hall–Kier alpha value is -2.56. The van der Waals surface area contributed by atoms with E-state index in [1.165, 1.54) is 12.1 Å². The average Bonchev–Trinajstić information content (AvgIpc) is 2.39. The minimum atomic E-state index is -0.471. The van der Waals surface area contributed by atoms with Gasteiger partial charge < -0.3 is 16.4 Å². The fourth-order valence-corrected chi connectivity index (χ4v) is 1.61. The van der Waals surface area contributed by atoms with E-state index in [1.807, 2.05) is 6.07 Å². The summed E-state index contributed by atoms with van der Waals surface area (Å²) in [7, 11) is 0. The summed E-state index contributed by atoms with van der Waals surface area (Å²) >= 11 is 0. The largest absolute Gasteiger partial charge is 0.399 e. The third kappa shape index (κ3) is 3.70. The van der Waals surface area contributed by atoms with Crippen molar-refractivity contribution in [1.29, 1.82) is 0 Å². The molecule has 0 spiro atoms. The number of benzene rings is 2. The minimum Gasteiger partial charge on any atom is -0.399 e. The van der Waals surface area contributed by atoms with Gasteiger partial charge in [0.25, 0.3) is 0 Å². The van der Waals surface area contributed by atoms with Gasteiger partial charge in [0.2, 0.25) is 0 Å². The number of amides is 2. The first-order chi connectivity index (χ1) is 9.15. The average molecular weight is 259 g/mol. The second kappa shape index (κ2) is 5.86. The standard InChI is InChI=1S/C14H14FN3O/c15-12-6-1-2-7-13(12)18-14(19)17-9-10-4-3-5-11(16)8-10/h1-8H,9,16H2,(H2,17,18,19). The van der Waals surface area contributed by atoms with E-state index in [0.29, 0.717) is 12.2 Å².